The number of nitrogen functional groups attached to an aromatic ring is 1. The lowest BCUT2D eigenvalue weighted by molar-refractivity contribution is -0.158. The van der Waals surface area contributed by atoms with Gasteiger partial charge in [-0.3, -0.25) is 0 Å². The van der Waals surface area contributed by atoms with E-state index in [1.54, 1.807) is 18.3 Å². The minimum absolute atomic E-state index is 0.00725. The Kier molecular flexibility index (Phi) is 7.86. The predicted molar refractivity (Wildman–Crippen MR) is 152 cm³/mol. The Hall–Kier alpha value is -3.44. The third kappa shape index (κ3) is 6.56. The Labute approximate surface area is 246 Å². The van der Waals surface area contributed by atoms with Crippen molar-refractivity contribution < 1.29 is 27.8 Å². The average molecular weight is 603 g/mol. The molecule has 1 fully saturated rings. The summed E-state index contributed by atoms with van der Waals surface area (Å²) in [7, 11) is 0. The highest BCUT2D eigenvalue weighted by Crippen LogP contribution is 2.38. The van der Waals surface area contributed by atoms with Gasteiger partial charge >= 0.3 is 0 Å². The Morgan fingerprint density at radius 2 is 1.85 bits per heavy atom. The summed E-state index contributed by atoms with van der Waals surface area (Å²) in [6.07, 6.45) is 1.34. The lowest BCUT2D eigenvalue weighted by Gasteiger charge is -2.23. The SMILES string of the molecule is Cc1cc(OC[C@@H]2OC(C)(C)OC2(C)C)ncc1-c1nnc(Cc2ccc(Cl)c(Oc3cc(N)cc(Cl)c3)c2F)o1. The Morgan fingerprint density at radius 1 is 1.07 bits per heavy atom. The Morgan fingerprint density at radius 3 is 2.54 bits per heavy atom. The molecule has 4 aromatic rings. The van der Waals surface area contributed by atoms with E-state index in [1.807, 2.05) is 34.6 Å². The number of halogens is 3. The second kappa shape index (κ2) is 11.1. The molecule has 2 N–H and O–H groups in total. The second-order valence-corrected chi connectivity index (χ2v) is 11.6. The molecule has 5 rings (SSSR count). The maximum Gasteiger partial charge on any atom is 0.249 e. The minimum atomic E-state index is -0.686. The topological polar surface area (TPSA) is 115 Å². The van der Waals surface area contributed by atoms with Crippen molar-refractivity contribution >= 4 is 28.9 Å². The molecule has 1 atom stereocenters. The van der Waals surface area contributed by atoms with Crippen LogP contribution in [0.5, 0.6) is 17.4 Å². The fourth-order valence-electron chi connectivity index (χ4n) is 4.60. The molecule has 0 radical (unpaired) electrons. The van der Waals surface area contributed by atoms with Crippen LogP contribution in [0.3, 0.4) is 0 Å². The van der Waals surface area contributed by atoms with Gasteiger partial charge in [-0.05, 0) is 58.4 Å². The van der Waals surface area contributed by atoms with Gasteiger partial charge in [0.25, 0.3) is 0 Å². The molecule has 0 aliphatic carbocycles. The molecule has 1 saturated heterocycles. The second-order valence-electron chi connectivity index (χ2n) is 10.7. The zero-order valence-electron chi connectivity index (χ0n) is 23.1. The molecule has 216 valence electrons. The number of pyridine rings is 1. The van der Waals surface area contributed by atoms with E-state index in [9.17, 15) is 0 Å². The van der Waals surface area contributed by atoms with Gasteiger partial charge in [0.05, 0.1) is 22.6 Å². The molecule has 1 aliphatic heterocycles. The average Bonchev–Trinajstić information content (AvgIpc) is 3.41. The van der Waals surface area contributed by atoms with Crippen LogP contribution in [-0.2, 0) is 15.9 Å². The molecule has 0 spiro atoms. The number of aryl methyl sites for hydroxylation is 1. The van der Waals surface area contributed by atoms with E-state index in [1.165, 1.54) is 24.3 Å². The third-order valence-corrected chi connectivity index (χ3v) is 6.98. The summed E-state index contributed by atoms with van der Waals surface area (Å²) in [6.45, 7) is 9.82. The maximum atomic E-state index is 15.4. The van der Waals surface area contributed by atoms with Crippen molar-refractivity contribution in [2.24, 2.45) is 0 Å². The number of ether oxygens (including phenoxy) is 4. The van der Waals surface area contributed by atoms with Crippen molar-refractivity contribution in [1.82, 2.24) is 15.2 Å². The van der Waals surface area contributed by atoms with Crippen molar-refractivity contribution in [3.63, 3.8) is 0 Å². The van der Waals surface area contributed by atoms with Crippen LogP contribution in [0, 0.1) is 12.7 Å². The van der Waals surface area contributed by atoms with E-state index in [4.69, 9.17) is 52.3 Å². The van der Waals surface area contributed by atoms with Gasteiger partial charge in [-0.15, -0.1) is 10.2 Å². The lowest BCUT2D eigenvalue weighted by Crippen LogP contribution is -2.37. The third-order valence-electron chi connectivity index (χ3n) is 6.46. The van der Waals surface area contributed by atoms with Gasteiger partial charge in [0, 0.05) is 34.6 Å². The van der Waals surface area contributed by atoms with Crippen molar-refractivity contribution in [2.75, 3.05) is 12.3 Å². The molecular formula is C29H29Cl2FN4O5. The maximum absolute atomic E-state index is 15.4. The van der Waals surface area contributed by atoms with E-state index in [-0.39, 0.29) is 53.0 Å². The number of benzene rings is 2. The summed E-state index contributed by atoms with van der Waals surface area (Å²) in [5, 5.41) is 8.65. The first-order valence-corrected chi connectivity index (χ1v) is 13.6. The minimum Gasteiger partial charge on any atom is -0.475 e. The number of nitrogens with zero attached hydrogens (tertiary/aromatic N) is 3. The van der Waals surface area contributed by atoms with Crippen LogP contribution in [0.25, 0.3) is 11.5 Å². The molecule has 2 aromatic carbocycles. The fraction of sp³-hybridized carbons (Fsp3) is 0.345. The lowest BCUT2D eigenvalue weighted by atomic mass is 10.0. The van der Waals surface area contributed by atoms with Gasteiger partial charge < -0.3 is 29.1 Å². The van der Waals surface area contributed by atoms with Gasteiger partial charge in [-0.25, -0.2) is 9.37 Å². The first-order chi connectivity index (χ1) is 19.3. The highest BCUT2D eigenvalue weighted by atomic mass is 35.5. The molecule has 9 nitrogen and oxygen atoms in total. The van der Waals surface area contributed by atoms with E-state index >= 15 is 4.39 Å². The molecule has 0 saturated carbocycles. The number of hydrogen-bond donors (Lipinski definition) is 1. The first-order valence-electron chi connectivity index (χ1n) is 12.8. The predicted octanol–water partition coefficient (Wildman–Crippen LogP) is 7.16. The summed E-state index contributed by atoms with van der Waals surface area (Å²) in [6, 6.07) is 9.41. The zero-order valence-corrected chi connectivity index (χ0v) is 24.6. The van der Waals surface area contributed by atoms with Crippen LogP contribution in [0.1, 0.15) is 44.7 Å². The van der Waals surface area contributed by atoms with Crippen LogP contribution in [0.15, 0.2) is 47.0 Å². The van der Waals surface area contributed by atoms with Gasteiger partial charge in [-0.1, -0.05) is 29.3 Å². The summed E-state index contributed by atoms with van der Waals surface area (Å²) in [5.74, 6) is -0.405. The summed E-state index contributed by atoms with van der Waals surface area (Å²) >= 11 is 12.3. The number of nitrogens with two attached hydrogens (primary N) is 1. The van der Waals surface area contributed by atoms with E-state index in [0.29, 0.717) is 22.2 Å². The molecule has 12 heteroatoms. The van der Waals surface area contributed by atoms with Crippen molar-refractivity contribution in [3.8, 4) is 28.8 Å². The highest BCUT2D eigenvalue weighted by molar-refractivity contribution is 6.32. The van der Waals surface area contributed by atoms with Crippen LogP contribution in [0.2, 0.25) is 10.0 Å². The van der Waals surface area contributed by atoms with Crippen LogP contribution in [-0.4, -0.2) is 39.3 Å². The summed E-state index contributed by atoms with van der Waals surface area (Å²) in [4.78, 5) is 4.39. The first kappa shape index (κ1) is 29.1. The highest BCUT2D eigenvalue weighted by Gasteiger charge is 2.47. The van der Waals surface area contributed by atoms with Crippen LogP contribution < -0.4 is 15.2 Å². The van der Waals surface area contributed by atoms with Crippen molar-refractivity contribution in [3.05, 3.63) is 75.5 Å². The zero-order chi connectivity index (χ0) is 29.5. The smallest absolute Gasteiger partial charge is 0.249 e. The fourth-order valence-corrected chi connectivity index (χ4v) is 5.02. The molecule has 0 amide bonds. The quantitative estimate of drug-likeness (QED) is 0.210. The monoisotopic (exact) mass is 602 g/mol. The van der Waals surface area contributed by atoms with Gasteiger partial charge in [0.15, 0.2) is 17.4 Å². The Bertz CT molecular complexity index is 1570. The largest absolute Gasteiger partial charge is 0.475 e. The molecule has 41 heavy (non-hydrogen) atoms. The number of anilines is 1. The normalized spacial score (nSPS) is 17.5. The van der Waals surface area contributed by atoms with E-state index < -0.39 is 17.2 Å². The van der Waals surface area contributed by atoms with E-state index in [2.05, 4.69) is 15.2 Å². The van der Waals surface area contributed by atoms with E-state index in [0.717, 1.165) is 5.56 Å². The van der Waals surface area contributed by atoms with Gasteiger partial charge in [-0.2, -0.15) is 0 Å². The molecule has 0 bridgehead atoms. The van der Waals surface area contributed by atoms with Crippen molar-refractivity contribution in [2.45, 2.75) is 58.5 Å². The van der Waals surface area contributed by atoms with Crippen LogP contribution in [0.4, 0.5) is 10.1 Å². The number of rotatable bonds is 8. The Balaban J connectivity index is 1.28. The van der Waals surface area contributed by atoms with Crippen molar-refractivity contribution in [1.29, 1.82) is 0 Å². The summed E-state index contributed by atoms with van der Waals surface area (Å²) in [5.41, 5.74) is 7.35. The molecule has 2 aromatic heterocycles. The molecule has 0 unspecified atom stereocenters. The number of hydrogen-bond acceptors (Lipinski definition) is 9. The summed E-state index contributed by atoms with van der Waals surface area (Å²) < 4.78 is 44.7. The molecule has 1 aliphatic rings. The number of aromatic nitrogens is 3. The molecule has 3 heterocycles. The standard InChI is InChI=1S/C29H29Cl2FN4O5/c1-15-8-23(37-14-22-28(2,3)41-29(4,5)40-22)34-13-20(15)27-36-35-24(39-27)9-16-6-7-21(31)26(25(16)32)38-19-11-17(30)10-18(33)12-19/h6-8,10-13,22H,9,14,33H2,1-5H3/t22-/m0/s1. The van der Waals surface area contributed by atoms with Crippen LogP contribution >= 0.6 is 23.2 Å². The van der Waals surface area contributed by atoms with Gasteiger partial charge in [0.1, 0.15) is 18.5 Å². The van der Waals surface area contributed by atoms with Gasteiger partial charge in [0.2, 0.25) is 17.7 Å². The molecular weight excluding hydrogens is 574 g/mol.